The number of halogens is 3. The summed E-state index contributed by atoms with van der Waals surface area (Å²) in [6, 6.07) is 4.19. The van der Waals surface area contributed by atoms with Gasteiger partial charge in [0.25, 0.3) is 0 Å². The molecule has 0 amide bonds. The fourth-order valence-corrected chi connectivity index (χ4v) is 2.12. The van der Waals surface area contributed by atoms with E-state index in [1.807, 2.05) is 0 Å². The van der Waals surface area contributed by atoms with Crippen LogP contribution in [0.4, 0.5) is 13.2 Å². The maximum absolute atomic E-state index is 12.4. The van der Waals surface area contributed by atoms with Gasteiger partial charge in [-0.3, -0.25) is 0 Å². The Morgan fingerprint density at radius 3 is 2.44 bits per heavy atom. The van der Waals surface area contributed by atoms with Gasteiger partial charge in [0.05, 0.1) is 5.75 Å². The van der Waals surface area contributed by atoms with E-state index in [0.29, 0.717) is 0 Å². The molecule has 0 saturated heterocycles. The fourth-order valence-electron chi connectivity index (χ4n) is 0.954. The molecule has 0 aliphatic heterocycles. The lowest BCUT2D eigenvalue weighted by Crippen LogP contribution is -2.08. The summed E-state index contributed by atoms with van der Waals surface area (Å²) in [4.78, 5) is 3.56. The minimum atomic E-state index is -3.81. The molecule has 0 atom stereocenters. The van der Waals surface area contributed by atoms with E-state index in [9.17, 15) is 21.6 Å². The summed E-state index contributed by atoms with van der Waals surface area (Å²) in [6.45, 7) is 0. The quantitative estimate of drug-likeness (QED) is 0.825. The average Bonchev–Trinajstić information content (AvgIpc) is 2.27. The molecule has 88 valence electrons. The summed E-state index contributed by atoms with van der Waals surface area (Å²) in [7, 11) is -3.81. The Morgan fingerprint density at radius 1 is 1.25 bits per heavy atom. The first kappa shape index (κ1) is 12.7. The van der Waals surface area contributed by atoms with E-state index < -0.39 is 33.9 Å². The summed E-state index contributed by atoms with van der Waals surface area (Å²) in [5.41, 5.74) is 0. The number of nitrogens with zero attached hydrogens (tertiary/aromatic N) is 1. The van der Waals surface area contributed by atoms with Gasteiger partial charge in [-0.05, 0) is 12.1 Å². The van der Waals surface area contributed by atoms with Crippen LogP contribution in [-0.2, 0) is 9.84 Å². The van der Waals surface area contributed by atoms with Crippen LogP contribution in [-0.4, -0.2) is 19.2 Å². The van der Waals surface area contributed by atoms with Crippen LogP contribution in [0.3, 0.4) is 0 Å². The van der Waals surface area contributed by atoms with Crippen molar-refractivity contribution >= 4 is 9.84 Å². The van der Waals surface area contributed by atoms with Crippen LogP contribution in [0, 0.1) is 0 Å². The summed E-state index contributed by atoms with van der Waals surface area (Å²) in [5.74, 6) is -2.44. The van der Waals surface area contributed by atoms with Crippen molar-refractivity contribution in [2.24, 2.45) is 0 Å². The molecular weight excluding hydrogens is 243 g/mol. The van der Waals surface area contributed by atoms with Gasteiger partial charge in [0.15, 0.2) is 20.7 Å². The molecule has 1 heterocycles. The molecule has 1 aromatic heterocycles. The van der Waals surface area contributed by atoms with Crippen LogP contribution in [0.25, 0.3) is 0 Å². The second-order valence-electron chi connectivity index (χ2n) is 2.90. The Morgan fingerprint density at radius 2 is 1.94 bits per heavy atom. The number of rotatable bonds is 4. The first-order valence-electron chi connectivity index (χ1n) is 4.27. The molecule has 0 saturated carbocycles. The van der Waals surface area contributed by atoms with Crippen molar-refractivity contribution in [3.63, 3.8) is 0 Å². The zero-order chi connectivity index (χ0) is 12.2. The Kier molecular flexibility index (Phi) is 4.05. The molecule has 1 aromatic rings. The van der Waals surface area contributed by atoms with Gasteiger partial charge in [-0.25, -0.2) is 17.8 Å². The maximum atomic E-state index is 12.4. The van der Waals surface area contributed by atoms with Gasteiger partial charge >= 0.3 is 6.08 Å². The van der Waals surface area contributed by atoms with E-state index in [0.717, 1.165) is 0 Å². The number of hydrogen-bond acceptors (Lipinski definition) is 3. The number of aromatic nitrogens is 1. The van der Waals surface area contributed by atoms with Gasteiger partial charge in [-0.1, -0.05) is 6.07 Å². The molecule has 0 spiro atoms. The molecule has 3 nitrogen and oxygen atoms in total. The summed E-state index contributed by atoms with van der Waals surface area (Å²) in [5, 5.41) is -0.248. The van der Waals surface area contributed by atoms with Crippen LogP contribution in [0.2, 0.25) is 0 Å². The molecule has 0 aromatic carbocycles. The molecule has 16 heavy (non-hydrogen) atoms. The molecule has 0 fully saturated rings. The molecular formula is C9H8F3NO2S. The van der Waals surface area contributed by atoms with Gasteiger partial charge < -0.3 is 0 Å². The van der Waals surface area contributed by atoms with E-state index in [2.05, 4.69) is 4.98 Å². The lowest BCUT2D eigenvalue weighted by molar-refractivity contribution is 0.373. The van der Waals surface area contributed by atoms with E-state index in [4.69, 9.17) is 0 Å². The highest BCUT2D eigenvalue weighted by molar-refractivity contribution is 7.91. The molecule has 0 aliphatic carbocycles. The predicted octanol–water partition coefficient (Wildman–Crippen LogP) is 2.32. The zero-order valence-electron chi connectivity index (χ0n) is 8.03. The van der Waals surface area contributed by atoms with Crippen LogP contribution in [0.15, 0.2) is 41.3 Å². The molecule has 7 heteroatoms. The van der Waals surface area contributed by atoms with Crippen LogP contribution >= 0.6 is 0 Å². The van der Waals surface area contributed by atoms with Crippen LogP contribution in [0.5, 0.6) is 0 Å². The lowest BCUT2D eigenvalue weighted by Gasteiger charge is -2.01. The number of pyridine rings is 1. The predicted molar refractivity (Wildman–Crippen MR) is 51.3 cm³/mol. The largest absolute Gasteiger partial charge is 0.301 e. The second-order valence-corrected chi connectivity index (χ2v) is 4.96. The molecule has 0 radical (unpaired) electrons. The van der Waals surface area contributed by atoms with Gasteiger partial charge in [0, 0.05) is 12.6 Å². The topological polar surface area (TPSA) is 47.0 Å². The minimum absolute atomic E-state index is 0.248. The Labute approximate surface area is 90.5 Å². The zero-order valence-corrected chi connectivity index (χ0v) is 8.85. The van der Waals surface area contributed by atoms with Crippen molar-refractivity contribution in [1.82, 2.24) is 4.98 Å². The number of sulfone groups is 1. The smallest absolute Gasteiger partial charge is 0.245 e. The van der Waals surface area contributed by atoms with Gasteiger partial charge in [-0.15, -0.1) is 0 Å². The lowest BCUT2D eigenvalue weighted by atomic mass is 10.4. The third-order valence-corrected chi connectivity index (χ3v) is 3.37. The van der Waals surface area contributed by atoms with Crippen LogP contribution in [0.1, 0.15) is 6.42 Å². The average molecular weight is 251 g/mol. The standard InChI is InChI=1S/C9H8F3NO2S/c10-7(9(11)12)4-6-16(14,15)8-3-1-2-5-13-8/h1-3,5H,4,6H2. The third-order valence-electron chi connectivity index (χ3n) is 1.75. The third kappa shape index (κ3) is 3.34. The SMILES string of the molecule is O=S(=O)(CCC(F)=C(F)F)c1ccccn1. The normalized spacial score (nSPS) is 11.2. The van der Waals surface area contributed by atoms with E-state index in [-0.39, 0.29) is 5.03 Å². The fraction of sp³-hybridized carbons (Fsp3) is 0.222. The van der Waals surface area contributed by atoms with Gasteiger partial charge in [-0.2, -0.15) is 8.78 Å². The monoisotopic (exact) mass is 251 g/mol. The summed E-state index contributed by atoms with van der Waals surface area (Å²) < 4.78 is 58.7. The highest BCUT2D eigenvalue weighted by atomic mass is 32.2. The summed E-state index contributed by atoms with van der Waals surface area (Å²) >= 11 is 0. The molecule has 0 aliphatic rings. The van der Waals surface area contributed by atoms with Crippen molar-refractivity contribution in [1.29, 1.82) is 0 Å². The Balaban J connectivity index is 2.79. The highest BCUT2D eigenvalue weighted by Gasteiger charge is 2.17. The van der Waals surface area contributed by atoms with Crippen molar-refractivity contribution in [3.05, 3.63) is 36.3 Å². The summed E-state index contributed by atoms with van der Waals surface area (Å²) in [6.07, 6.45) is -2.08. The van der Waals surface area contributed by atoms with Crippen molar-refractivity contribution in [2.45, 2.75) is 11.4 Å². The van der Waals surface area contributed by atoms with Crippen molar-refractivity contribution in [2.75, 3.05) is 5.75 Å². The molecule has 0 unspecified atom stereocenters. The van der Waals surface area contributed by atoms with Crippen molar-refractivity contribution < 1.29 is 21.6 Å². The first-order valence-corrected chi connectivity index (χ1v) is 5.92. The van der Waals surface area contributed by atoms with E-state index in [1.54, 1.807) is 0 Å². The van der Waals surface area contributed by atoms with Gasteiger partial charge in [0.1, 0.15) is 0 Å². The Hall–Kier alpha value is -1.37. The highest BCUT2D eigenvalue weighted by Crippen LogP contribution is 2.16. The number of hydrogen-bond donors (Lipinski definition) is 0. The minimum Gasteiger partial charge on any atom is -0.245 e. The molecule has 0 N–H and O–H groups in total. The van der Waals surface area contributed by atoms with E-state index in [1.165, 1.54) is 24.4 Å². The second kappa shape index (κ2) is 5.11. The van der Waals surface area contributed by atoms with E-state index >= 15 is 0 Å². The number of allylic oxidation sites excluding steroid dienone is 1. The Bertz CT molecular complexity index is 481. The van der Waals surface area contributed by atoms with Crippen molar-refractivity contribution in [3.8, 4) is 0 Å². The maximum Gasteiger partial charge on any atom is 0.301 e. The molecule has 0 bridgehead atoms. The molecule has 1 rings (SSSR count). The van der Waals surface area contributed by atoms with Gasteiger partial charge in [0.2, 0.25) is 0 Å². The first-order chi connectivity index (χ1) is 7.43. The van der Waals surface area contributed by atoms with Crippen LogP contribution < -0.4 is 0 Å².